The lowest BCUT2D eigenvalue weighted by Gasteiger charge is -2.17. The van der Waals surface area contributed by atoms with Crippen LogP contribution < -0.4 is 11.2 Å². The van der Waals surface area contributed by atoms with Crippen molar-refractivity contribution in [2.45, 2.75) is 71.0 Å². The third kappa shape index (κ3) is 6.62. The minimum atomic E-state index is -0.822. The Kier molecular flexibility index (Phi) is 8.95. The highest BCUT2D eigenvalue weighted by Gasteiger charge is 2.39. The van der Waals surface area contributed by atoms with Gasteiger partial charge in [0.2, 0.25) is 0 Å². The average molecular weight is 613 g/mol. The van der Waals surface area contributed by atoms with E-state index in [4.69, 9.17) is 18.9 Å². The smallest absolute Gasteiger partial charge is 0.330 e. The van der Waals surface area contributed by atoms with E-state index in [0.29, 0.717) is 6.61 Å². The molecule has 45 heavy (non-hydrogen) atoms. The number of hydrogen-bond donors (Lipinski definition) is 1. The molecule has 10 nitrogen and oxygen atoms in total. The van der Waals surface area contributed by atoms with Gasteiger partial charge in [0.05, 0.1) is 12.2 Å². The maximum Gasteiger partial charge on any atom is 0.330 e. The topological polar surface area (TPSA) is 126 Å². The number of H-pyrrole nitrogens is 1. The fourth-order valence-electron chi connectivity index (χ4n) is 6.29. The Bertz CT molecular complexity index is 1950. The molecule has 0 saturated carbocycles. The number of rotatable bonds is 12. The number of aromatic amines is 1. The van der Waals surface area contributed by atoms with Gasteiger partial charge in [0.15, 0.2) is 0 Å². The molecule has 1 aromatic heterocycles. The van der Waals surface area contributed by atoms with Gasteiger partial charge in [-0.25, -0.2) is 4.79 Å². The van der Waals surface area contributed by atoms with Crippen molar-refractivity contribution in [2.75, 3.05) is 13.2 Å². The number of nitrogens with one attached hydrogen (secondary N) is 1. The molecule has 4 aromatic carbocycles. The van der Waals surface area contributed by atoms with Gasteiger partial charge in [0.1, 0.15) is 25.0 Å². The van der Waals surface area contributed by atoms with Crippen LogP contribution in [0.3, 0.4) is 0 Å². The fraction of sp³-hybridized carbons (Fsp3) is 0.371. The van der Waals surface area contributed by atoms with Crippen LogP contribution in [0.15, 0.2) is 70.4 Å². The third-order valence-electron chi connectivity index (χ3n) is 8.41. The highest BCUT2D eigenvalue weighted by atomic mass is 16.6. The molecule has 10 heteroatoms. The van der Waals surface area contributed by atoms with Crippen LogP contribution in [-0.2, 0) is 41.6 Å². The van der Waals surface area contributed by atoms with Crippen LogP contribution in [-0.4, -0.2) is 46.9 Å². The number of ether oxygens (including phenoxy) is 4. The van der Waals surface area contributed by atoms with Gasteiger partial charge >= 0.3 is 17.6 Å². The highest BCUT2D eigenvalue weighted by Crippen LogP contribution is 2.36. The van der Waals surface area contributed by atoms with E-state index in [1.165, 1.54) is 62.5 Å². The summed E-state index contributed by atoms with van der Waals surface area (Å²) in [7, 11) is 0. The molecule has 3 atom stereocenters. The zero-order valence-electron chi connectivity index (χ0n) is 25.4. The van der Waals surface area contributed by atoms with Gasteiger partial charge in [-0.2, -0.15) is 0 Å². The molecule has 0 amide bonds. The van der Waals surface area contributed by atoms with Gasteiger partial charge in [-0.15, -0.1) is 0 Å². The van der Waals surface area contributed by atoms with Gasteiger partial charge in [-0.3, -0.25) is 23.9 Å². The first-order chi connectivity index (χ1) is 21.8. The van der Waals surface area contributed by atoms with Crippen molar-refractivity contribution in [3.05, 3.63) is 92.8 Å². The first-order valence-corrected chi connectivity index (χ1v) is 15.3. The summed E-state index contributed by atoms with van der Waals surface area (Å²) < 4.78 is 23.3. The Labute approximate surface area is 259 Å². The van der Waals surface area contributed by atoms with Crippen molar-refractivity contribution < 1.29 is 28.5 Å². The average Bonchev–Trinajstić information content (AvgIpc) is 3.41. The van der Waals surface area contributed by atoms with E-state index in [9.17, 15) is 19.2 Å². The summed E-state index contributed by atoms with van der Waals surface area (Å²) in [6.07, 6.45) is 3.06. The fourth-order valence-corrected chi connectivity index (χ4v) is 6.29. The molecule has 1 aliphatic heterocycles. The summed E-state index contributed by atoms with van der Waals surface area (Å²) in [5.74, 6) is -1.02. The summed E-state index contributed by atoms with van der Waals surface area (Å²) >= 11 is 0. The minimum Gasteiger partial charge on any atom is -0.463 e. The Hall–Kier alpha value is -4.54. The second-order valence-electron chi connectivity index (χ2n) is 11.6. The van der Waals surface area contributed by atoms with E-state index < -0.39 is 41.6 Å². The van der Waals surface area contributed by atoms with Gasteiger partial charge in [-0.1, -0.05) is 61.0 Å². The van der Waals surface area contributed by atoms with Gasteiger partial charge in [0, 0.05) is 33.1 Å². The molecule has 1 fully saturated rings. The number of carbonyl (C=O) groups is 2. The van der Waals surface area contributed by atoms with Crippen LogP contribution >= 0.6 is 0 Å². The van der Waals surface area contributed by atoms with Crippen molar-refractivity contribution in [3.63, 3.8) is 0 Å². The van der Waals surface area contributed by atoms with Crippen molar-refractivity contribution in [2.24, 2.45) is 0 Å². The number of aromatic nitrogens is 2. The van der Waals surface area contributed by atoms with E-state index >= 15 is 0 Å². The summed E-state index contributed by atoms with van der Waals surface area (Å²) in [5, 5.41) is 7.76. The molecule has 0 spiro atoms. The van der Waals surface area contributed by atoms with Crippen molar-refractivity contribution >= 4 is 44.3 Å². The van der Waals surface area contributed by atoms with E-state index in [2.05, 4.69) is 59.6 Å². The molecule has 1 N–H and O–H groups in total. The molecule has 5 aromatic rings. The molecule has 0 bridgehead atoms. The SMILES string of the molecule is CC(=O)OC[C@H]1OC(n2cc(COCCCCCc3ccc4ccc5cccc6ccc3c4c56)c(=O)[nH]c2=O)C[C@@H]1OC(C)=O. The largest absolute Gasteiger partial charge is 0.463 e. The number of esters is 2. The highest BCUT2D eigenvalue weighted by molar-refractivity contribution is 6.23. The third-order valence-corrected chi connectivity index (χ3v) is 8.41. The van der Waals surface area contributed by atoms with Gasteiger partial charge in [-0.05, 0) is 57.1 Å². The predicted molar refractivity (Wildman–Crippen MR) is 169 cm³/mol. The maximum absolute atomic E-state index is 12.6. The lowest BCUT2D eigenvalue weighted by molar-refractivity contribution is -0.155. The molecule has 1 saturated heterocycles. The van der Waals surface area contributed by atoms with E-state index in [0.717, 1.165) is 25.7 Å². The number of carbonyl (C=O) groups excluding carboxylic acids is 2. The Morgan fingerprint density at radius 3 is 2.38 bits per heavy atom. The first-order valence-electron chi connectivity index (χ1n) is 15.3. The summed E-state index contributed by atoms with van der Waals surface area (Å²) in [4.78, 5) is 50.3. The molecular formula is C35H36N2O8. The second-order valence-corrected chi connectivity index (χ2v) is 11.6. The quantitative estimate of drug-likeness (QED) is 0.117. The number of aryl methyl sites for hydroxylation is 1. The molecule has 2 heterocycles. The van der Waals surface area contributed by atoms with E-state index in [-0.39, 0.29) is 25.2 Å². The Morgan fingerprint density at radius 2 is 1.62 bits per heavy atom. The van der Waals surface area contributed by atoms with Crippen molar-refractivity contribution in [3.8, 4) is 0 Å². The lowest BCUT2D eigenvalue weighted by atomic mass is 9.90. The van der Waals surface area contributed by atoms with Gasteiger partial charge < -0.3 is 18.9 Å². The van der Waals surface area contributed by atoms with Crippen LogP contribution in [0.1, 0.15) is 56.9 Å². The number of nitrogens with zero attached hydrogens (tertiary/aromatic N) is 1. The molecule has 6 rings (SSSR count). The summed E-state index contributed by atoms with van der Waals surface area (Å²) in [6, 6.07) is 19.7. The molecule has 1 aliphatic rings. The molecule has 0 aliphatic carbocycles. The normalized spacial score (nSPS) is 18.2. The van der Waals surface area contributed by atoms with Crippen LogP contribution in [0.2, 0.25) is 0 Å². The monoisotopic (exact) mass is 612 g/mol. The summed E-state index contributed by atoms with van der Waals surface area (Å²) in [5.41, 5.74) is 0.432. The molecule has 234 valence electrons. The van der Waals surface area contributed by atoms with Gasteiger partial charge in [0.25, 0.3) is 5.56 Å². The molecule has 0 radical (unpaired) electrons. The lowest BCUT2D eigenvalue weighted by Crippen LogP contribution is -2.34. The zero-order chi connectivity index (χ0) is 31.5. The standard InChI is InChI=1S/C35H36N2O8/c1-21(38)43-20-30-29(44-22(2)39)17-31(45-30)37-18-27(34(40)36-35(37)41)19-42-16-5-3-4-7-23-10-11-26-13-12-24-8-6-9-25-14-15-28(23)33(26)32(24)25/h6,8-15,18,29-31H,3-5,7,16-17,19-20H2,1-2H3,(H,36,40,41)/t29-,30+,31?/m0/s1. The molecule has 1 unspecified atom stereocenters. The van der Waals surface area contributed by atoms with Crippen LogP contribution in [0.5, 0.6) is 0 Å². The maximum atomic E-state index is 12.6. The number of hydrogen-bond acceptors (Lipinski definition) is 8. The minimum absolute atomic E-state index is 0.0294. The van der Waals surface area contributed by atoms with Crippen molar-refractivity contribution in [1.29, 1.82) is 0 Å². The van der Waals surface area contributed by atoms with Crippen LogP contribution in [0, 0.1) is 0 Å². The van der Waals surface area contributed by atoms with Crippen LogP contribution in [0.4, 0.5) is 0 Å². The first kappa shape index (κ1) is 30.5. The number of unbranched alkanes of at least 4 members (excludes halogenated alkanes) is 2. The van der Waals surface area contributed by atoms with Crippen LogP contribution in [0.25, 0.3) is 32.3 Å². The Morgan fingerprint density at radius 1 is 0.889 bits per heavy atom. The Balaban J connectivity index is 1.03. The number of benzene rings is 4. The van der Waals surface area contributed by atoms with E-state index in [1.807, 2.05) is 0 Å². The zero-order valence-corrected chi connectivity index (χ0v) is 25.4. The van der Waals surface area contributed by atoms with Crippen molar-refractivity contribution in [1.82, 2.24) is 9.55 Å². The summed E-state index contributed by atoms with van der Waals surface area (Å²) in [6.45, 7) is 2.90. The molecular weight excluding hydrogens is 576 g/mol. The van der Waals surface area contributed by atoms with E-state index in [1.54, 1.807) is 0 Å². The predicted octanol–water partition coefficient (Wildman–Crippen LogP) is 5.15. The second kappa shape index (κ2) is 13.2.